The topological polar surface area (TPSA) is 92.9 Å². The first-order valence-corrected chi connectivity index (χ1v) is 7.23. The van der Waals surface area contributed by atoms with E-state index in [9.17, 15) is 23.2 Å². The van der Waals surface area contributed by atoms with E-state index in [4.69, 9.17) is 10.5 Å². The number of benzene rings is 1. The number of morpholine rings is 1. The quantitative estimate of drug-likeness (QED) is 0.764. The van der Waals surface area contributed by atoms with Gasteiger partial charge in [0.25, 0.3) is 12.3 Å². The Hall–Kier alpha value is -2.55. The van der Waals surface area contributed by atoms with Gasteiger partial charge >= 0.3 is 0 Å². The molecule has 0 saturated carbocycles. The molecule has 1 heterocycles. The number of nitrogens with two attached hydrogens (primary N) is 1. The molecule has 0 unspecified atom stereocenters. The monoisotopic (exact) mass is 341 g/mol. The number of ether oxygens (including phenoxy) is 1. The number of primary amides is 1. The lowest BCUT2D eigenvalue weighted by Gasteiger charge is -2.28. The molecule has 2 rings (SSSR count). The van der Waals surface area contributed by atoms with Crippen LogP contribution in [0.4, 0.5) is 20.2 Å². The molecule has 1 aromatic rings. The minimum atomic E-state index is -2.76. The van der Waals surface area contributed by atoms with Crippen molar-refractivity contribution in [3.8, 4) is 0 Å². The standard InChI is InChI=1S/C15H17F2N3O4/c16-12(17)8-20(14(22)7-13(18)21)11-3-1-10(2-4-11)19-5-6-24-9-15(19)23/h1-4,12H,5-9H2,(H2,18,21). The molecule has 0 atom stereocenters. The molecule has 9 heteroatoms. The van der Waals surface area contributed by atoms with Crippen LogP contribution in [0.15, 0.2) is 24.3 Å². The van der Waals surface area contributed by atoms with Crippen molar-refractivity contribution in [1.82, 2.24) is 0 Å². The van der Waals surface area contributed by atoms with Gasteiger partial charge in [-0.25, -0.2) is 8.78 Å². The predicted molar refractivity (Wildman–Crippen MR) is 81.8 cm³/mol. The van der Waals surface area contributed by atoms with Gasteiger partial charge in [-0.05, 0) is 24.3 Å². The number of nitrogens with zero attached hydrogens (tertiary/aromatic N) is 2. The van der Waals surface area contributed by atoms with Crippen molar-refractivity contribution in [3.05, 3.63) is 24.3 Å². The second kappa shape index (κ2) is 7.82. The van der Waals surface area contributed by atoms with Gasteiger partial charge in [-0.1, -0.05) is 0 Å². The van der Waals surface area contributed by atoms with Crippen molar-refractivity contribution in [2.45, 2.75) is 12.8 Å². The maximum Gasteiger partial charge on any atom is 0.256 e. The van der Waals surface area contributed by atoms with Crippen molar-refractivity contribution in [2.24, 2.45) is 5.73 Å². The summed E-state index contributed by atoms with van der Waals surface area (Å²) in [6, 6.07) is 5.99. The zero-order valence-electron chi connectivity index (χ0n) is 12.8. The molecule has 1 aliphatic heterocycles. The molecule has 2 N–H and O–H groups in total. The van der Waals surface area contributed by atoms with Crippen molar-refractivity contribution in [1.29, 1.82) is 0 Å². The van der Waals surface area contributed by atoms with Crippen molar-refractivity contribution >= 4 is 29.1 Å². The average molecular weight is 341 g/mol. The fourth-order valence-electron chi connectivity index (χ4n) is 2.34. The third-order valence-corrected chi connectivity index (χ3v) is 3.41. The highest BCUT2D eigenvalue weighted by molar-refractivity contribution is 6.04. The smallest absolute Gasteiger partial charge is 0.256 e. The summed E-state index contributed by atoms with van der Waals surface area (Å²) in [6.07, 6.45) is -3.42. The third-order valence-electron chi connectivity index (χ3n) is 3.41. The molecule has 0 aromatic heterocycles. The molecule has 1 aliphatic rings. The van der Waals surface area contributed by atoms with E-state index < -0.39 is 31.2 Å². The fourth-order valence-corrected chi connectivity index (χ4v) is 2.34. The molecule has 24 heavy (non-hydrogen) atoms. The lowest BCUT2D eigenvalue weighted by atomic mass is 10.2. The first-order valence-electron chi connectivity index (χ1n) is 7.23. The molecule has 0 aliphatic carbocycles. The van der Waals surface area contributed by atoms with Crippen LogP contribution < -0.4 is 15.5 Å². The van der Waals surface area contributed by atoms with E-state index in [-0.39, 0.29) is 18.2 Å². The van der Waals surface area contributed by atoms with Crippen molar-refractivity contribution in [3.63, 3.8) is 0 Å². The van der Waals surface area contributed by atoms with Gasteiger partial charge in [0.1, 0.15) is 13.0 Å². The Morgan fingerprint density at radius 1 is 1.29 bits per heavy atom. The van der Waals surface area contributed by atoms with E-state index in [0.717, 1.165) is 4.90 Å². The normalized spacial score (nSPS) is 14.8. The minimum Gasteiger partial charge on any atom is -0.370 e. The molecular formula is C15H17F2N3O4. The maximum atomic E-state index is 12.7. The molecule has 1 aromatic carbocycles. The number of rotatable bonds is 6. The van der Waals surface area contributed by atoms with Gasteiger partial charge in [0, 0.05) is 17.9 Å². The summed E-state index contributed by atoms with van der Waals surface area (Å²) in [6.45, 7) is -0.0695. The first-order chi connectivity index (χ1) is 11.4. The molecular weight excluding hydrogens is 324 g/mol. The Morgan fingerprint density at radius 3 is 2.50 bits per heavy atom. The second-order valence-electron chi connectivity index (χ2n) is 5.15. The van der Waals surface area contributed by atoms with Crippen LogP contribution >= 0.6 is 0 Å². The van der Waals surface area contributed by atoms with Gasteiger partial charge in [0.05, 0.1) is 13.2 Å². The summed E-state index contributed by atoms with van der Waals surface area (Å²) >= 11 is 0. The number of alkyl halides is 2. The minimum absolute atomic E-state index is 0.0175. The summed E-state index contributed by atoms with van der Waals surface area (Å²) in [5.41, 5.74) is 5.72. The molecule has 0 radical (unpaired) electrons. The number of anilines is 2. The van der Waals surface area contributed by atoms with Gasteiger partial charge in [0.15, 0.2) is 0 Å². The summed E-state index contributed by atoms with van der Waals surface area (Å²) in [5, 5.41) is 0. The van der Waals surface area contributed by atoms with Crippen LogP contribution in [0, 0.1) is 0 Å². The van der Waals surface area contributed by atoms with E-state index in [2.05, 4.69) is 0 Å². The van der Waals surface area contributed by atoms with Crippen LogP contribution in [0.2, 0.25) is 0 Å². The average Bonchev–Trinajstić information content (AvgIpc) is 2.52. The van der Waals surface area contributed by atoms with Crippen molar-refractivity contribution in [2.75, 3.05) is 36.1 Å². The highest BCUT2D eigenvalue weighted by Crippen LogP contribution is 2.23. The lowest BCUT2D eigenvalue weighted by Crippen LogP contribution is -2.41. The third kappa shape index (κ3) is 4.48. The van der Waals surface area contributed by atoms with Crippen LogP contribution in [0.1, 0.15) is 6.42 Å². The van der Waals surface area contributed by atoms with Crippen LogP contribution in [0.3, 0.4) is 0 Å². The molecule has 1 fully saturated rings. The molecule has 7 nitrogen and oxygen atoms in total. The van der Waals surface area contributed by atoms with Crippen LogP contribution in [0.5, 0.6) is 0 Å². The number of amides is 3. The van der Waals surface area contributed by atoms with E-state index in [1.54, 1.807) is 12.1 Å². The molecule has 0 bridgehead atoms. The highest BCUT2D eigenvalue weighted by Gasteiger charge is 2.23. The number of carbonyl (C=O) groups is 3. The largest absolute Gasteiger partial charge is 0.370 e. The number of carbonyl (C=O) groups excluding carboxylic acids is 3. The van der Waals surface area contributed by atoms with Gasteiger partial charge in [-0.3, -0.25) is 14.4 Å². The van der Waals surface area contributed by atoms with Crippen LogP contribution in [0.25, 0.3) is 0 Å². The Balaban J connectivity index is 2.19. The predicted octanol–water partition coefficient (Wildman–Crippen LogP) is 0.523. The molecule has 0 spiro atoms. The zero-order valence-corrected chi connectivity index (χ0v) is 12.8. The number of hydrogen-bond acceptors (Lipinski definition) is 4. The van der Waals surface area contributed by atoms with Gasteiger partial charge in [-0.2, -0.15) is 0 Å². The first kappa shape index (κ1) is 17.8. The van der Waals surface area contributed by atoms with Gasteiger partial charge in [0.2, 0.25) is 11.8 Å². The second-order valence-corrected chi connectivity index (χ2v) is 5.15. The number of halogens is 2. The molecule has 3 amide bonds. The Morgan fingerprint density at radius 2 is 1.96 bits per heavy atom. The Kier molecular flexibility index (Phi) is 5.80. The lowest BCUT2D eigenvalue weighted by molar-refractivity contribution is -0.127. The maximum absolute atomic E-state index is 12.7. The molecule has 1 saturated heterocycles. The highest BCUT2D eigenvalue weighted by atomic mass is 19.3. The van der Waals surface area contributed by atoms with Gasteiger partial charge < -0.3 is 20.3 Å². The SMILES string of the molecule is NC(=O)CC(=O)N(CC(F)F)c1ccc(N2CCOCC2=O)cc1. The van der Waals surface area contributed by atoms with Crippen LogP contribution in [-0.4, -0.2) is 50.5 Å². The fraction of sp³-hybridized carbons (Fsp3) is 0.400. The summed E-state index contributed by atoms with van der Waals surface area (Å²) in [4.78, 5) is 36.9. The summed E-state index contributed by atoms with van der Waals surface area (Å²) < 4.78 is 30.5. The summed E-state index contributed by atoms with van der Waals surface area (Å²) in [5.74, 6) is -1.91. The zero-order chi connectivity index (χ0) is 17.7. The van der Waals surface area contributed by atoms with E-state index in [1.807, 2.05) is 0 Å². The van der Waals surface area contributed by atoms with E-state index >= 15 is 0 Å². The van der Waals surface area contributed by atoms with Crippen LogP contribution in [-0.2, 0) is 19.1 Å². The Bertz CT molecular complexity index is 622. The van der Waals surface area contributed by atoms with E-state index in [0.29, 0.717) is 18.8 Å². The van der Waals surface area contributed by atoms with E-state index in [1.165, 1.54) is 17.0 Å². The number of hydrogen-bond donors (Lipinski definition) is 1. The van der Waals surface area contributed by atoms with Crippen molar-refractivity contribution < 1.29 is 27.9 Å². The molecule has 130 valence electrons. The van der Waals surface area contributed by atoms with Gasteiger partial charge in [-0.15, -0.1) is 0 Å². The Labute approximate surface area is 136 Å². The summed E-state index contributed by atoms with van der Waals surface area (Å²) in [7, 11) is 0.